The molecule has 0 aliphatic carbocycles. The number of anilines is 2. The SMILES string of the molecule is CCc1nsc(NCc2ccc(NC(=O)c3cccnc3)cc2)n1. The normalized spacial score (nSPS) is 10.4. The second-order valence-electron chi connectivity index (χ2n) is 5.12. The fraction of sp³-hybridized carbons (Fsp3) is 0.176. The van der Waals surface area contributed by atoms with E-state index in [9.17, 15) is 4.79 Å². The molecule has 0 aliphatic rings. The first kappa shape index (κ1) is 16.1. The van der Waals surface area contributed by atoms with Gasteiger partial charge in [0.15, 0.2) is 0 Å². The summed E-state index contributed by atoms with van der Waals surface area (Å²) in [6.07, 6.45) is 4.02. The average Bonchev–Trinajstić information content (AvgIpc) is 3.10. The molecule has 1 amide bonds. The molecule has 0 spiro atoms. The third-order valence-electron chi connectivity index (χ3n) is 3.36. The number of nitrogens with one attached hydrogen (secondary N) is 2. The maximum atomic E-state index is 12.1. The van der Waals surface area contributed by atoms with Gasteiger partial charge in [-0.15, -0.1) is 0 Å². The van der Waals surface area contributed by atoms with Crippen molar-refractivity contribution in [1.82, 2.24) is 14.3 Å². The minimum absolute atomic E-state index is 0.171. The molecular weight excluding hydrogens is 322 g/mol. The van der Waals surface area contributed by atoms with Crippen molar-refractivity contribution in [3.8, 4) is 0 Å². The molecule has 0 unspecified atom stereocenters. The number of benzene rings is 1. The lowest BCUT2D eigenvalue weighted by Gasteiger charge is -2.07. The molecule has 0 aliphatic heterocycles. The summed E-state index contributed by atoms with van der Waals surface area (Å²) in [6.45, 7) is 2.69. The Morgan fingerprint density at radius 3 is 2.71 bits per heavy atom. The van der Waals surface area contributed by atoms with Gasteiger partial charge in [-0.2, -0.15) is 4.37 Å². The number of carbonyl (C=O) groups excluding carboxylic acids is 1. The minimum atomic E-state index is -0.171. The highest BCUT2D eigenvalue weighted by Crippen LogP contribution is 2.15. The van der Waals surface area contributed by atoms with Crippen molar-refractivity contribution in [2.45, 2.75) is 19.9 Å². The zero-order chi connectivity index (χ0) is 16.8. The quantitative estimate of drug-likeness (QED) is 0.720. The van der Waals surface area contributed by atoms with Gasteiger partial charge >= 0.3 is 0 Å². The molecule has 0 atom stereocenters. The summed E-state index contributed by atoms with van der Waals surface area (Å²) in [5.74, 6) is 0.686. The highest BCUT2D eigenvalue weighted by molar-refractivity contribution is 7.09. The molecule has 0 bridgehead atoms. The fourth-order valence-corrected chi connectivity index (χ4v) is 2.70. The van der Waals surface area contributed by atoms with Crippen LogP contribution in [0.3, 0.4) is 0 Å². The van der Waals surface area contributed by atoms with Crippen LogP contribution in [0.25, 0.3) is 0 Å². The van der Waals surface area contributed by atoms with Crippen molar-refractivity contribution >= 4 is 28.3 Å². The molecule has 6 nitrogen and oxygen atoms in total. The van der Waals surface area contributed by atoms with Gasteiger partial charge in [0.05, 0.1) is 5.56 Å². The summed E-state index contributed by atoms with van der Waals surface area (Å²) in [5, 5.41) is 6.92. The molecule has 0 saturated heterocycles. The van der Waals surface area contributed by atoms with E-state index in [4.69, 9.17) is 0 Å². The monoisotopic (exact) mass is 339 g/mol. The van der Waals surface area contributed by atoms with Crippen molar-refractivity contribution in [2.75, 3.05) is 10.6 Å². The summed E-state index contributed by atoms with van der Waals surface area (Å²) >= 11 is 1.37. The third kappa shape index (κ3) is 4.14. The summed E-state index contributed by atoms with van der Waals surface area (Å²) in [7, 11) is 0. The van der Waals surface area contributed by atoms with Crippen LogP contribution in [0.15, 0.2) is 48.8 Å². The predicted octanol–water partition coefficient (Wildman–Crippen LogP) is 3.36. The number of rotatable bonds is 6. The van der Waals surface area contributed by atoms with Crippen LogP contribution in [-0.4, -0.2) is 20.2 Å². The van der Waals surface area contributed by atoms with E-state index in [0.29, 0.717) is 12.1 Å². The molecule has 3 rings (SSSR count). The first-order valence-corrected chi connectivity index (χ1v) is 8.38. The smallest absolute Gasteiger partial charge is 0.257 e. The van der Waals surface area contributed by atoms with Gasteiger partial charge in [-0.25, -0.2) is 4.98 Å². The molecule has 0 radical (unpaired) electrons. The highest BCUT2D eigenvalue weighted by Gasteiger charge is 2.06. The lowest BCUT2D eigenvalue weighted by molar-refractivity contribution is 0.102. The van der Waals surface area contributed by atoms with Gasteiger partial charge in [-0.05, 0) is 29.8 Å². The lowest BCUT2D eigenvalue weighted by atomic mass is 10.2. The Bertz CT molecular complexity index is 801. The lowest BCUT2D eigenvalue weighted by Crippen LogP contribution is -2.12. The van der Waals surface area contributed by atoms with Crippen molar-refractivity contribution in [3.05, 3.63) is 65.7 Å². The van der Waals surface area contributed by atoms with Gasteiger partial charge < -0.3 is 10.6 Å². The molecule has 122 valence electrons. The first-order valence-electron chi connectivity index (χ1n) is 7.61. The maximum Gasteiger partial charge on any atom is 0.257 e. The molecular formula is C17H17N5OS. The molecule has 0 fully saturated rings. The molecule has 2 N–H and O–H groups in total. The van der Waals surface area contributed by atoms with Crippen LogP contribution in [0.2, 0.25) is 0 Å². The molecule has 1 aromatic carbocycles. The zero-order valence-electron chi connectivity index (χ0n) is 13.2. The Balaban J connectivity index is 1.56. The highest BCUT2D eigenvalue weighted by atomic mass is 32.1. The number of pyridine rings is 1. The van der Waals surface area contributed by atoms with E-state index >= 15 is 0 Å². The third-order valence-corrected chi connectivity index (χ3v) is 4.07. The minimum Gasteiger partial charge on any atom is -0.356 e. The van der Waals surface area contributed by atoms with E-state index in [2.05, 4.69) is 25.0 Å². The fourth-order valence-electron chi connectivity index (χ4n) is 2.05. The Hall–Kier alpha value is -2.80. The van der Waals surface area contributed by atoms with Crippen LogP contribution in [-0.2, 0) is 13.0 Å². The largest absolute Gasteiger partial charge is 0.356 e. The number of carbonyl (C=O) groups is 1. The first-order chi connectivity index (χ1) is 11.7. The van der Waals surface area contributed by atoms with Crippen LogP contribution in [0.5, 0.6) is 0 Å². The molecule has 2 aromatic heterocycles. The van der Waals surface area contributed by atoms with Crippen molar-refractivity contribution < 1.29 is 4.79 Å². The Kier molecular flexibility index (Phi) is 5.12. The van der Waals surface area contributed by atoms with Crippen molar-refractivity contribution in [3.63, 3.8) is 0 Å². The van der Waals surface area contributed by atoms with E-state index in [1.807, 2.05) is 31.2 Å². The molecule has 3 aromatic rings. The van der Waals surface area contributed by atoms with E-state index in [0.717, 1.165) is 28.6 Å². The molecule has 2 heterocycles. The number of hydrogen-bond acceptors (Lipinski definition) is 6. The maximum absolute atomic E-state index is 12.1. The van der Waals surface area contributed by atoms with Crippen molar-refractivity contribution in [1.29, 1.82) is 0 Å². The van der Waals surface area contributed by atoms with Crippen LogP contribution in [0.4, 0.5) is 10.8 Å². The second-order valence-corrected chi connectivity index (χ2v) is 5.87. The van der Waals surface area contributed by atoms with Gasteiger partial charge in [-0.1, -0.05) is 19.1 Å². The Morgan fingerprint density at radius 1 is 1.21 bits per heavy atom. The number of nitrogens with zero attached hydrogens (tertiary/aromatic N) is 3. The van der Waals surface area contributed by atoms with Gasteiger partial charge in [0, 0.05) is 42.6 Å². The zero-order valence-corrected chi connectivity index (χ0v) is 14.0. The van der Waals surface area contributed by atoms with E-state index in [1.54, 1.807) is 24.5 Å². The van der Waals surface area contributed by atoms with Crippen LogP contribution in [0.1, 0.15) is 28.7 Å². The van der Waals surface area contributed by atoms with Crippen LogP contribution < -0.4 is 10.6 Å². The molecule has 24 heavy (non-hydrogen) atoms. The van der Waals surface area contributed by atoms with Gasteiger partial charge in [0.25, 0.3) is 5.91 Å². The second kappa shape index (κ2) is 7.65. The summed E-state index contributed by atoms with van der Waals surface area (Å²) in [6, 6.07) is 11.2. The summed E-state index contributed by atoms with van der Waals surface area (Å²) in [4.78, 5) is 20.4. The molecule has 7 heteroatoms. The average molecular weight is 339 g/mol. The summed E-state index contributed by atoms with van der Waals surface area (Å²) < 4.78 is 4.24. The van der Waals surface area contributed by atoms with Gasteiger partial charge in [0.2, 0.25) is 5.13 Å². The van der Waals surface area contributed by atoms with E-state index < -0.39 is 0 Å². The molecule has 0 saturated carbocycles. The standard InChI is InChI=1S/C17H17N5OS/c1-2-15-21-17(24-22-15)19-10-12-5-7-14(8-6-12)20-16(23)13-4-3-9-18-11-13/h3-9,11H,2,10H2,1H3,(H,20,23)(H,19,21,22). The van der Waals surface area contributed by atoms with Crippen molar-refractivity contribution in [2.24, 2.45) is 0 Å². The topological polar surface area (TPSA) is 79.8 Å². The number of amides is 1. The predicted molar refractivity (Wildman–Crippen MR) is 95.2 cm³/mol. The number of aromatic nitrogens is 3. The van der Waals surface area contributed by atoms with Gasteiger partial charge in [-0.3, -0.25) is 9.78 Å². The Morgan fingerprint density at radius 2 is 2.04 bits per heavy atom. The van der Waals surface area contributed by atoms with Crippen LogP contribution >= 0.6 is 11.5 Å². The number of aryl methyl sites for hydroxylation is 1. The Labute approximate surface area is 144 Å². The van der Waals surface area contributed by atoms with Gasteiger partial charge in [0.1, 0.15) is 5.82 Å². The van der Waals surface area contributed by atoms with Crippen LogP contribution in [0, 0.1) is 0 Å². The van der Waals surface area contributed by atoms with E-state index in [-0.39, 0.29) is 5.91 Å². The number of hydrogen-bond donors (Lipinski definition) is 2. The summed E-state index contributed by atoms with van der Waals surface area (Å²) in [5.41, 5.74) is 2.38. The van der Waals surface area contributed by atoms with E-state index in [1.165, 1.54) is 11.5 Å².